The van der Waals surface area contributed by atoms with Crippen LogP contribution < -0.4 is 5.73 Å². The molecule has 98 valence electrons. The molecule has 1 aliphatic heterocycles. The summed E-state index contributed by atoms with van der Waals surface area (Å²) in [5.74, 6) is 0. The highest BCUT2D eigenvalue weighted by molar-refractivity contribution is 7.86. The van der Waals surface area contributed by atoms with Gasteiger partial charge in [-0.15, -0.1) is 12.4 Å². The zero-order valence-corrected chi connectivity index (χ0v) is 11.9. The van der Waals surface area contributed by atoms with Gasteiger partial charge in [0.15, 0.2) is 0 Å². The molecule has 2 N–H and O–H groups in total. The van der Waals surface area contributed by atoms with Gasteiger partial charge in [0, 0.05) is 33.2 Å². The van der Waals surface area contributed by atoms with Crippen molar-refractivity contribution in [3.63, 3.8) is 0 Å². The summed E-state index contributed by atoms with van der Waals surface area (Å²) in [5, 5.41) is 0. The Morgan fingerprint density at radius 1 is 1.38 bits per heavy atom. The molecule has 1 aliphatic rings. The maximum Gasteiger partial charge on any atom is 0.281 e. The van der Waals surface area contributed by atoms with E-state index in [1.165, 1.54) is 8.61 Å². The van der Waals surface area contributed by atoms with Gasteiger partial charge >= 0.3 is 0 Å². The van der Waals surface area contributed by atoms with Crippen molar-refractivity contribution < 1.29 is 8.42 Å². The third kappa shape index (κ3) is 3.07. The minimum absolute atomic E-state index is 0. The molecule has 0 aromatic heterocycles. The Balaban J connectivity index is 0.00000225. The quantitative estimate of drug-likeness (QED) is 0.784. The fraction of sp³-hybridized carbons (Fsp3) is 1.00. The molecule has 1 rings (SSSR count). The minimum Gasteiger partial charge on any atom is -0.327 e. The molecule has 0 spiro atoms. The molecule has 0 aliphatic carbocycles. The highest BCUT2D eigenvalue weighted by Gasteiger charge is 2.38. The predicted molar refractivity (Wildman–Crippen MR) is 67.8 cm³/mol. The fourth-order valence-electron chi connectivity index (χ4n) is 1.75. The van der Waals surface area contributed by atoms with Crippen LogP contribution in [0.4, 0.5) is 0 Å². The molecular formula is C9H22ClN3O2S. The lowest BCUT2D eigenvalue weighted by Crippen LogP contribution is -2.55. The average Bonchev–Trinajstić information content (AvgIpc) is 2.09. The monoisotopic (exact) mass is 271 g/mol. The number of hydrogen-bond donors (Lipinski definition) is 1. The van der Waals surface area contributed by atoms with E-state index in [9.17, 15) is 8.42 Å². The van der Waals surface area contributed by atoms with Crippen molar-refractivity contribution in [3.8, 4) is 0 Å². The fourth-order valence-corrected chi connectivity index (χ4v) is 3.05. The van der Waals surface area contributed by atoms with E-state index in [0.717, 1.165) is 6.42 Å². The molecule has 0 saturated carbocycles. The number of nitrogens with two attached hydrogens (primary N) is 1. The molecule has 1 saturated heterocycles. The van der Waals surface area contributed by atoms with Crippen molar-refractivity contribution in [2.45, 2.75) is 26.3 Å². The van der Waals surface area contributed by atoms with E-state index in [2.05, 4.69) is 0 Å². The first-order chi connectivity index (χ1) is 6.68. The van der Waals surface area contributed by atoms with E-state index < -0.39 is 10.2 Å². The van der Waals surface area contributed by atoms with Crippen molar-refractivity contribution in [1.82, 2.24) is 8.61 Å². The predicted octanol–water partition coefficient (Wildman–Crippen LogP) is 0.274. The van der Waals surface area contributed by atoms with Gasteiger partial charge < -0.3 is 5.73 Å². The number of piperidine rings is 1. The Morgan fingerprint density at radius 3 is 2.25 bits per heavy atom. The van der Waals surface area contributed by atoms with Gasteiger partial charge in [-0.3, -0.25) is 0 Å². The van der Waals surface area contributed by atoms with Crippen molar-refractivity contribution in [2.75, 3.05) is 27.2 Å². The molecule has 0 aromatic rings. The van der Waals surface area contributed by atoms with Crippen molar-refractivity contribution >= 4 is 22.6 Å². The summed E-state index contributed by atoms with van der Waals surface area (Å²) in [5.41, 5.74) is 5.81. The van der Waals surface area contributed by atoms with Crippen LogP contribution in [0, 0.1) is 5.41 Å². The van der Waals surface area contributed by atoms with Crippen molar-refractivity contribution in [2.24, 2.45) is 11.1 Å². The second-order valence-corrected chi connectivity index (χ2v) is 7.15. The highest BCUT2D eigenvalue weighted by Crippen LogP contribution is 2.29. The molecule has 0 aromatic carbocycles. The summed E-state index contributed by atoms with van der Waals surface area (Å²) < 4.78 is 26.5. The minimum atomic E-state index is -3.28. The normalized spacial score (nSPS) is 26.5. The maximum atomic E-state index is 11.9. The van der Waals surface area contributed by atoms with Crippen LogP contribution in [0.5, 0.6) is 0 Å². The maximum absolute atomic E-state index is 11.9. The first kappa shape index (κ1) is 16.1. The number of halogens is 1. The lowest BCUT2D eigenvalue weighted by Gasteiger charge is -2.42. The third-order valence-electron chi connectivity index (χ3n) is 3.06. The molecule has 0 bridgehead atoms. The Morgan fingerprint density at radius 2 is 1.88 bits per heavy atom. The molecular weight excluding hydrogens is 250 g/mol. The van der Waals surface area contributed by atoms with E-state index in [4.69, 9.17) is 5.73 Å². The Bertz CT molecular complexity index is 330. The largest absolute Gasteiger partial charge is 0.327 e. The summed E-state index contributed by atoms with van der Waals surface area (Å²) in [6, 6.07) is 0.0751. The van der Waals surface area contributed by atoms with E-state index in [1.54, 1.807) is 14.1 Å². The summed E-state index contributed by atoms with van der Waals surface area (Å²) in [6.07, 6.45) is 0.722. The van der Waals surface area contributed by atoms with Gasteiger partial charge in [-0.05, 0) is 11.8 Å². The molecule has 0 radical (unpaired) electrons. The van der Waals surface area contributed by atoms with Gasteiger partial charge in [0.25, 0.3) is 10.2 Å². The van der Waals surface area contributed by atoms with Gasteiger partial charge in [-0.1, -0.05) is 13.8 Å². The van der Waals surface area contributed by atoms with E-state index >= 15 is 0 Å². The Hall–Kier alpha value is 0.120. The number of hydrogen-bond acceptors (Lipinski definition) is 3. The van der Waals surface area contributed by atoms with Gasteiger partial charge in [0.2, 0.25) is 0 Å². The van der Waals surface area contributed by atoms with E-state index in [0.29, 0.717) is 13.1 Å². The molecule has 0 amide bonds. The van der Waals surface area contributed by atoms with Crippen LogP contribution in [0.3, 0.4) is 0 Å². The smallest absolute Gasteiger partial charge is 0.281 e. The molecule has 5 nitrogen and oxygen atoms in total. The van der Waals surface area contributed by atoms with Gasteiger partial charge in [0.05, 0.1) is 0 Å². The van der Waals surface area contributed by atoms with Crippen LogP contribution in [-0.2, 0) is 10.2 Å². The molecule has 7 heteroatoms. The van der Waals surface area contributed by atoms with Gasteiger partial charge in [-0.25, -0.2) is 0 Å². The van der Waals surface area contributed by atoms with Crippen LogP contribution in [0.15, 0.2) is 0 Å². The molecule has 1 fully saturated rings. The zero-order chi connectivity index (χ0) is 11.9. The molecule has 1 unspecified atom stereocenters. The molecule has 16 heavy (non-hydrogen) atoms. The molecule has 1 atom stereocenters. The topological polar surface area (TPSA) is 66.6 Å². The second-order valence-electron chi connectivity index (χ2n) is 5.01. The Kier molecular flexibility index (Phi) is 5.22. The van der Waals surface area contributed by atoms with Crippen LogP contribution in [-0.4, -0.2) is 50.3 Å². The second kappa shape index (κ2) is 5.18. The van der Waals surface area contributed by atoms with Crippen LogP contribution in [0.25, 0.3) is 0 Å². The zero-order valence-electron chi connectivity index (χ0n) is 10.3. The van der Waals surface area contributed by atoms with Crippen LogP contribution in [0.1, 0.15) is 20.3 Å². The first-order valence-corrected chi connectivity index (χ1v) is 6.51. The first-order valence-electron chi connectivity index (χ1n) is 5.11. The van der Waals surface area contributed by atoms with Crippen LogP contribution >= 0.6 is 12.4 Å². The lowest BCUT2D eigenvalue weighted by atomic mass is 9.81. The van der Waals surface area contributed by atoms with Crippen molar-refractivity contribution in [1.29, 1.82) is 0 Å². The SMILES string of the molecule is CN(C)S(=O)(=O)N1CCC(N)C(C)(C)C1.Cl. The van der Waals surface area contributed by atoms with E-state index in [1.807, 2.05) is 13.8 Å². The Labute approximate surface area is 105 Å². The van der Waals surface area contributed by atoms with Gasteiger partial charge in [-0.2, -0.15) is 17.0 Å². The standard InChI is InChI=1S/C9H21N3O2S.ClH/c1-9(2)7-12(6-5-8(9)10)15(13,14)11(3)4;/h8H,5-7,10H2,1-4H3;1H. The average molecular weight is 272 g/mol. The van der Waals surface area contributed by atoms with Crippen LogP contribution in [0.2, 0.25) is 0 Å². The number of nitrogens with zero attached hydrogens (tertiary/aromatic N) is 2. The third-order valence-corrected chi connectivity index (χ3v) is 4.95. The van der Waals surface area contributed by atoms with E-state index in [-0.39, 0.29) is 23.9 Å². The highest BCUT2D eigenvalue weighted by atomic mass is 35.5. The van der Waals surface area contributed by atoms with Crippen molar-refractivity contribution in [3.05, 3.63) is 0 Å². The lowest BCUT2D eigenvalue weighted by molar-refractivity contribution is 0.151. The summed E-state index contributed by atoms with van der Waals surface area (Å²) in [6.45, 7) is 5.03. The summed E-state index contributed by atoms with van der Waals surface area (Å²) in [7, 11) is -0.178. The summed E-state index contributed by atoms with van der Waals surface area (Å²) in [4.78, 5) is 0. The molecule has 1 heterocycles. The van der Waals surface area contributed by atoms with Gasteiger partial charge in [0.1, 0.15) is 0 Å². The number of rotatable bonds is 2. The summed E-state index contributed by atoms with van der Waals surface area (Å²) >= 11 is 0.